The molecule has 1 rings (SSSR count). The molecule has 0 aromatic rings. The molecule has 1 saturated heterocycles. The Bertz CT molecular complexity index is 298. The van der Waals surface area contributed by atoms with Gasteiger partial charge in [0.05, 0.1) is 6.54 Å². The average molecular weight is 254 g/mol. The number of hydrogen-bond acceptors (Lipinski definition) is 5. The molecule has 1 aliphatic rings. The highest BCUT2D eigenvalue weighted by Gasteiger charge is 2.42. The van der Waals surface area contributed by atoms with Crippen molar-refractivity contribution in [1.82, 2.24) is 9.80 Å². The van der Waals surface area contributed by atoms with E-state index >= 15 is 0 Å². The Hall–Kier alpha value is -1.15. The fourth-order valence-corrected chi connectivity index (χ4v) is 1.38. The van der Waals surface area contributed by atoms with E-state index < -0.39 is 18.1 Å². The van der Waals surface area contributed by atoms with Crippen LogP contribution in [0.3, 0.4) is 0 Å². The first-order chi connectivity index (χ1) is 7.79. The van der Waals surface area contributed by atoms with Crippen LogP contribution in [0.15, 0.2) is 0 Å². The predicted octanol–water partition coefficient (Wildman–Crippen LogP) is -0.134. The molecule has 5 nitrogen and oxygen atoms in total. The van der Waals surface area contributed by atoms with Gasteiger partial charge in [-0.3, -0.25) is 9.69 Å². The SMILES string of the molecule is CN1CCN(CC(=O)OC(=O)C(F)(F)F)CC1. The molecule has 0 aromatic carbocycles. The van der Waals surface area contributed by atoms with Gasteiger partial charge in [-0.2, -0.15) is 13.2 Å². The summed E-state index contributed by atoms with van der Waals surface area (Å²) in [6.45, 7) is 2.27. The van der Waals surface area contributed by atoms with Crippen molar-refractivity contribution in [2.24, 2.45) is 0 Å². The van der Waals surface area contributed by atoms with Crippen LogP contribution in [0.2, 0.25) is 0 Å². The third kappa shape index (κ3) is 4.70. The summed E-state index contributed by atoms with van der Waals surface area (Å²) in [5.74, 6) is -3.63. The summed E-state index contributed by atoms with van der Waals surface area (Å²) < 4.78 is 39.1. The number of esters is 2. The maximum Gasteiger partial charge on any atom is 0.491 e. The van der Waals surface area contributed by atoms with Crippen LogP contribution in [-0.4, -0.2) is 67.7 Å². The Balaban J connectivity index is 2.33. The topological polar surface area (TPSA) is 49.9 Å². The third-order valence-corrected chi connectivity index (χ3v) is 2.39. The van der Waals surface area contributed by atoms with Gasteiger partial charge in [0.1, 0.15) is 0 Å². The van der Waals surface area contributed by atoms with E-state index in [9.17, 15) is 22.8 Å². The van der Waals surface area contributed by atoms with Crippen molar-refractivity contribution in [1.29, 1.82) is 0 Å². The number of ether oxygens (including phenoxy) is 1. The van der Waals surface area contributed by atoms with Crippen LogP contribution in [-0.2, 0) is 14.3 Å². The Morgan fingerprint density at radius 3 is 2.18 bits per heavy atom. The molecule has 0 saturated carbocycles. The number of alkyl halides is 3. The summed E-state index contributed by atoms with van der Waals surface area (Å²) in [4.78, 5) is 25.1. The van der Waals surface area contributed by atoms with Gasteiger partial charge in [-0.05, 0) is 7.05 Å². The Morgan fingerprint density at radius 2 is 1.71 bits per heavy atom. The third-order valence-electron chi connectivity index (χ3n) is 2.39. The summed E-state index contributed by atoms with van der Waals surface area (Å²) in [7, 11) is 1.91. The van der Waals surface area contributed by atoms with Crippen LogP contribution >= 0.6 is 0 Å². The lowest BCUT2D eigenvalue weighted by molar-refractivity contribution is -0.202. The molecule has 0 amide bonds. The fraction of sp³-hybridized carbons (Fsp3) is 0.778. The number of piperazine rings is 1. The first kappa shape index (κ1) is 13.9. The van der Waals surface area contributed by atoms with Crippen LogP contribution in [0.25, 0.3) is 0 Å². The van der Waals surface area contributed by atoms with Crippen molar-refractivity contribution in [3.63, 3.8) is 0 Å². The van der Waals surface area contributed by atoms with Crippen molar-refractivity contribution in [3.05, 3.63) is 0 Å². The molecule has 1 fully saturated rings. The monoisotopic (exact) mass is 254 g/mol. The minimum atomic E-state index is -5.13. The number of likely N-dealkylation sites (N-methyl/N-ethyl adjacent to an activating group) is 1. The second kappa shape index (κ2) is 5.46. The smallest absolute Gasteiger partial charge is 0.385 e. The summed E-state index contributed by atoms with van der Waals surface area (Å²) in [6, 6.07) is 0. The summed E-state index contributed by atoms with van der Waals surface area (Å²) in [5.41, 5.74) is 0. The van der Waals surface area contributed by atoms with Crippen LogP contribution in [0.1, 0.15) is 0 Å². The molecule has 0 radical (unpaired) electrons. The first-order valence-corrected chi connectivity index (χ1v) is 5.02. The number of rotatable bonds is 2. The number of carbonyl (C=O) groups is 2. The normalized spacial score (nSPS) is 19.1. The molecule has 0 atom stereocenters. The zero-order valence-corrected chi connectivity index (χ0v) is 9.29. The molecule has 1 aliphatic heterocycles. The number of halogens is 3. The highest BCUT2D eigenvalue weighted by Crippen LogP contribution is 2.16. The molecule has 0 bridgehead atoms. The van der Waals surface area contributed by atoms with Gasteiger partial charge in [0, 0.05) is 26.2 Å². The van der Waals surface area contributed by atoms with Crippen molar-refractivity contribution in [3.8, 4) is 0 Å². The molecular formula is C9H13F3N2O3. The quantitative estimate of drug-likeness (QED) is 0.507. The fourth-order valence-electron chi connectivity index (χ4n) is 1.38. The van der Waals surface area contributed by atoms with Crippen LogP contribution < -0.4 is 0 Å². The molecular weight excluding hydrogens is 241 g/mol. The molecule has 0 spiro atoms. The van der Waals surface area contributed by atoms with E-state index in [2.05, 4.69) is 4.74 Å². The van der Waals surface area contributed by atoms with Gasteiger partial charge in [-0.1, -0.05) is 0 Å². The second-order valence-corrected chi connectivity index (χ2v) is 3.84. The molecule has 98 valence electrons. The van der Waals surface area contributed by atoms with Gasteiger partial charge in [0.2, 0.25) is 0 Å². The summed E-state index contributed by atoms with van der Waals surface area (Å²) >= 11 is 0. The van der Waals surface area contributed by atoms with E-state index in [0.717, 1.165) is 13.1 Å². The van der Waals surface area contributed by atoms with Crippen LogP contribution in [0, 0.1) is 0 Å². The minimum Gasteiger partial charge on any atom is -0.385 e. The van der Waals surface area contributed by atoms with Gasteiger partial charge >= 0.3 is 18.1 Å². The van der Waals surface area contributed by atoms with Gasteiger partial charge in [0.25, 0.3) is 0 Å². The first-order valence-electron chi connectivity index (χ1n) is 5.02. The van der Waals surface area contributed by atoms with E-state index in [1.54, 1.807) is 4.90 Å². The lowest BCUT2D eigenvalue weighted by Crippen LogP contribution is -2.47. The van der Waals surface area contributed by atoms with Crippen molar-refractivity contribution >= 4 is 11.9 Å². The zero-order chi connectivity index (χ0) is 13.1. The maximum absolute atomic E-state index is 11.8. The lowest BCUT2D eigenvalue weighted by atomic mass is 10.3. The predicted molar refractivity (Wildman–Crippen MR) is 51.1 cm³/mol. The number of nitrogens with zero attached hydrogens (tertiary/aromatic N) is 2. The molecule has 0 unspecified atom stereocenters. The van der Waals surface area contributed by atoms with E-state index in [1.807, 2.05) is 11.9 Å². The van der Waals surface area contributed by atoms with E-state index in [4.69, 9.17) is 0 Å². The van der Waals surface area contributed by atoms with Crippen LogP contribution in [0.4, 0.5) is 13.2 Å². The molecule has 0 N–H and O–H groups in total. The molecule has 17 heavy (non-hydrogen) atoms. The van der Waals surface area contributed by atoms with Crippen molar-refractivity contribution < 1.29 is 27.5 Å². The molecule has 8 heteroatoms. The summed E-state index contributed by atoms with van der Waals surface area (Å²) in [6.07, 6.45) is -5.13. The van der Waals surface area contributed by atoms with Crippen molar-refractivity contribution in [2.45, 2.75) is 6.18 Å². The Kier molecular flexibility index (Phi) is 4.47. The van der Waals surface area contributed by atoms with Crippen molar-refractivity contribution in [2.75, 3.05) is 39.8 Å². The standard InChI is InChI=1S/C9H13F3N2O3/c1-13-2-4-14(5-3-13)6-7(15)17-8(16)9(10,11)12/h2-6H2,1H3. The van der Waals surface area contributed by atoms with Gasteiger partial charge < -0.3 is 9.64 Å². The van der Waals surface area contributed by atoms with Gasteiger partial charge in [-0.15, -0.1) is 0 Å². The minimum absolute atomic E-state index is 0.296. The molecule has 0 aliphatic carbocycles. The average Bonchev–Trinajstić information content (AvgIpc) is 2.20. The number of hydrogen-bond donors (Lipinski definition) is 0. The lowest BCUT2D eigenvalue weighted by Gasteiger charge is -2.31. The largest absolute Gasteiger partial charge is 0.491 e. The summed E-state index contributed by atoms with van der Waals surface area (Å²) in [5, 5.41) is 0. The van der Waals surface area contributed by atoms with E-state index in [-0.39, 0.29) is 6.54 Å². The maximum atomic E-state index is 11.8. The van der Waals surface area contributed by atoms with E-state index in [0.29, 0.717) is 13.1 Å². The van der Waals surface area contributed by atoms with Gasteiger partial charge in [-0.25, -0.2) is 4.79 Å². The second-order valence-electron chi connectivity index (χ2n) is 3.84. The van der Waals surface area contributed by atoms with E-state index in [1.165, 1.54) is 0 Å². The van der Waals surface area contributed by atoms with Gasteiger partial charge in [0.15, 0.2) is 0 Å². The zero-order valence-electron chi connectivity index (χ0n) is 9.29. The number of carbonyl (C=O) groups excluding carboxylic acids is 2. The molecule has 1 heterocycles. The Labute approximate surface area is 96.1 Å². The highest BCUT2D eigenvalue weighted by molar-refractivity contribution is 5.89. The highest BCUT2D eigenvalue weighted by atomic mass is 19.4. The van der Waals surface area contributed by atoms with Crippen LogP contribution in [0.5, 0.6) is 0 Å². The molecule has 0 aromatic heterocycles. The Morgan fingerprint density at radius 1 is 1.18 bits per heavy atom.